The molecule has 0 aliphatic carbocycles. The second-order valence-electron chi connectivity index (χ2n) is 8.23. The lowest BCUT2D eigenvalue weighted by Crippen LogP contribution is -2.32. The standard InChI is InChI=1S/C24H28N4O4S/c1-3-18-10-6-7-11-20(18)27-33(30,31)21-16-19(13-12-17(21)2)22-25-23(32-26-22)24(29)28-14-8-4-5-9-15-28/h6-7,10-13,16,27H,3-5,8-9,14-15H2,1-2H3. The average Bonchev–Trinajstić information content (AvgIpc) is 3.14. The van der Waals surface area contributed by atoms with Crippen LogP contribution >= 0.6 is 0 Å². The number of amides is 1. The van der Waals surface area contributed by atoms with Gasteiger partial charge in [-0.15, -0.1) is 0 Å². The van der Waals surface area contributed by atoms with Crippen LogP contribution in [0.15, 0.2) is 51.9 Å². The molecular weight excluding hydrogens is 440 g/mol. The van der Waals surface area contributed by atoms with Gasteiger partial charge in [0.05, 0.1) is 10.6 Å². The smallest absolute Gasteiger partial charge is 0.316 e. The molecule has 0 unspecified atom stereocenters. The Morgan fingerprint density at radius 1 is 1.09 bits per heavy atom. The molecular formula is C24H28N4O4S. The molecule has 33 heavy (non-hydrogen) atoms. The van der Waals surface area contributed by atoms with E-state index in [9.17, 15) is 13.2 Å². The lowest BCUT2D eigenvalue weighted by Gasteiger charge is -2.17. The van der Waals surface area contributed by atoms with E-state index < -0.39 is 10.0 Å². The van der Waals surface area contributed by atoms with E-state index in [1.165, 1.54) is 6.07 Å². The second kappa shape index (κ2) is 9.74. The van der Waals surface area contributed by atoms with E-state index in [2.05, 4.69) is 14.9 Å². The van der Waals surface area contributed by atoms with E-state index in [-0.39, 0.29) is 22.5 Å². The summed E-state index contributed by atoms with van der Waals surface area (Å²) >= 11 is 0. The van der Waals surface area contributed by atoms with Crippen molar-refractivity contribution >= 4 is 21.6 Å². The summed E-state index contributed by atoms with van der Waals surface area (Å²) in [7, 11) is -3.85. The first-order valence-electron chi connectivity index (χ1n) is 11.2. The minimum absolute atomic E-state index is 0.0770. The monoisotopic (exact) mass is 468 g/mol. The molecule has 1 fully saturated rings. The van der Waals surface area contributed by atoms with Crippen LogP contribution in [-0.4, -0.2) is 42.5 Å². The van der Waals surface area contributed by atoms with Crippen molar-refractivity contribution in [2.75, 3.05) is 17.8 Å². The molecule has 174 valence electrons. The lowest BCUT2D eigenvalue weighted by atomic mass is 10.1. The highest BCUT2D eigenvalue weighted by molar-refractivity contribution is 7.92. The summed E-state index contributed by atoms with van der Waals surface area (Å²) in [4.78, 5) is 18.9. The molecule has 4 rings (SSSR count). The van der Waals surface area contributed by atoms with Crippen LogP contribution in [0.1, 0.15) is 54.4 Å². The lowest BCUT2D eigenvalue weighted by molar-refractivity contribution is 0.0711. The van der Waals surface area contributed by atoms with Gasteiger partial charge in [0.15, 0.2) is 0 Å². The third kappa shape index (κ3) is 5.08. The van der Waals surface area contributed by atoms with Crippen molar-refractivity contribution in [3.63, 3.8) is 0 Å². The molecule has 1 N–H and O–H groups in total. The molecule has 0 atom stereocenters. The fraction of sp³-hybridized carbons (Fsp3) is 0.375. The number of benzene rings is 2. The third-order valence-electron chi connectivity index (χ3n) is 5.88. The van der Waals surface area contributed by atoms with Gasteiger partial charge in [0.2, 0.25) is 5.82 Å². The Bertz CT molecular complexity index is 1240. The predicted octanol–water partition coefficient (Wildman–Crippen LogP) is 4.42. The Labute approximate surface area is 194 Å². The van der Waals surface area contributed by atoms with Crippen LogP contribution < -0.4 is 4.72 Å². The fourth-order valence-electron chi connectivity index (χ4n) is 3.99. The number of likely N-dealkylation sites (tertiary alicyclic amines) is 1. The molecule has 1 saturated heterocycles. The molecule has 0 radical (unpaired) electrons. The van der Waals surface area contributed by atoms with Crippen molar-refractivity contribution in [3.05, 3.63) is 59.5 Å². The summed E-state index contributed by atoms with van der Waals surface area (Å²) < 4.78 is 34.3. The van der Waals surface area contributed by atoms with Crippen LogP contribution in [-0.2, 0) is 16.4 Å². The van der Waals surface area contributed by atoms with E-state index in [1.807, 2.05) is 19.1 Å². The first-order chi connectivity index (χ1) is 15.9. The van der Waals surface area contributed by atoms with Gasteiger partial charge in [-0.05, 0) is 49.4 Å². The number of para-hydroxylation sites is 1. The van der Waals surface area contributed by atoms with Crippen molar-refractivity contribution in [2.45, 2.75) is 50.8 Å². The Kier molecular flexibility index (Phi) is 6.78. The number of nitrogens with zero attached hydrogens (tertiary/aromatic N) is 3. The predicted molar refractivity (Wildman–Crippen MR) is 125 cm³/mol. The number of aromatic nitrogens is 2. The van der Waals surface area contributed by atoms with Gasteiger partial charge in [-0.1, -0.05) is 55.3 Å². The van der Waals surface area contributed by atoms with E-state index >= 15 is 0 Å². The summed E-state index contributed by atoms with van der Waals surface area (Å²) in [5.74, 6) is -0.182. The quantitative estimate of drug-likeness (QED) is 0.574. The topological polar surface area (TPSA) is 105 Å². The first kappa shape index (κ1) is 23.0. The number of hydrogen-bond donors (Lipinski definition) is 1. The Morgan fingerprint density at radius 3 is 2.55 bits per heavy atom. The SMILES string of the molecule is CCc1ccccc1NS(=O)(=O)c1cc(-c2noc(C(=O)N3CCCCCC3)n2)ccc1C. The van der Waals surface area contributed by atoms with Crippen LogP contribution in [0.4, 0.5) is 5.69 Å². The summed E-state index contributed by atoms with van der Waals surface area (Å²) in [6.45, 7) is 5.05. The summed E-state index contributed by atoms with van der Waals surface area (Å²) in [5, 5.41) is 3.94. The number of rotatable bonds is 6. The third-order valence-corrected chi connectivity index (χ3v) is 7.39. The number of hydrogen-bond acceptors (Lipinski definition) is 6. The molecule has 2 heterocycles. The first-order valence-corrected chi connectivity index (χ1v) is 12.7. The maximum atomic E-state index is 13.2. The van der Waals surface area contributed by atoms with E-state index in [1.54, 1.807) is 36.1 Å². The van der Waals surface area contributed by atoms with Crippen LogP contribution in [0, 0.1) is 6.92 Å². The van der Waals surface area contributed by atoms with Crippen molar-refractivity contribution in [2.24, 2.45) is 0 Å². The number of nitrogens with one attached hydrogen (secondary N) is 1. The van der Waals surface area contributed by atoms with E-state index in [4.69, 9.17) is 4.52 Å². The minimum Gasteiger partial charge on any atom is -0.334 e. The molecule has 1 amide bonds. The van der Waals surface area contributed by atoms with Crippen molar-refractivity contribution < 1.29 is 17.7 Å². The second-order valence-corrected chi connectivity index (χ2v) is 9.88. The van der Waals surface area contributed by atoms with Gasteiger partial charge in [0.25, 0.3) is 10.0 Å². The van der Waals surface area contributed by atoms with Gasteiger partial charge in [-0.2, -0.15) is 4.98 Å². The molecule has 3 aromatic rings. The summed E-state index contributed by atoms with van der Waals surface area (Å²) in [6.07, 6.45) is 4.83. The van der Waals surface area contributed by atoms with Crippen molar-refractivity contribution in [1.29, 1.82) is 0 Å². The van der Waals surface area contributed by atoms with Crippen LogP contribution in [0.5, 0.6) is 0 Å². The van der Waals surface area contributed by atoms with Crippen LogP contribution in [0.3, 0.4) is 0 Å². The zero-order valence-corrected chi connectivity index (χ0v) is 19.7. The van der Waals surface area contributed by atoms with E-state index in [0.717, 1.165) is 31.2 Å². The zero-order valence-electron chi connectivity index (χ0n) is 18.9. The Morgan fingerprint density at radius 2 is 1.82 bits per heavy atom. The highest BCUT2D eigenvalue weighted by atomic mass is 32.2. The molecule has 0 bridgehead atoms. The maximum absolute atomic E-state index is 13.2. The minimum atomic E-state index is -3.85. The van der Waals surface area contributed by atoms with Gasteiger partial charge in [0, 0.05) is 18.7 Å². The molecule has 9 heteroatoms. The molecule has 8 nitrogen and oxygen atoms in total. The molecule has 0 spiro atoms. The van der Waals surface area contributed by atoms with Gasteiger partial charge < -0.3 is 9.42 Å². The summed E-state index contributed by atoms with van der Waals surface area (Å²) in [5.41, 5.74) is 2.51. The van der Waals surface area contributed by atoms with Crippen molar-refractivity contribution in [1.82, 2.24) is 15.0 Å². The number of carbonyl (C=O) groups excluding carboxylic acids is 1. The average molecular weight is 469 g/mol. The Balaban J connectivity index is 1.60. The van der Waals surface area contributed by atoms with Gasteiger partial charge >= 0.3 is 11.8 Å². The van der Waals surface area contributed by atoms with Crippen LogP contribution in [0.25, 0.3) is 11.4 Å². The van der Waals surface area contributed by atoms with Gasteiger partial charge in [-0.25, -0.2) is 8.42 Å². The normalized spacial score (nSPS) is 14.7. The maximum Gasteiger partial charge on any atom is 0.316 e. The Hall–Kier alpha value is -3.20. The fourth-order valence-corrected chi connectivity index (χ4v) is 5.37. The molecule has 2 aromatic carbocycles. The number of anilines is 1. The van der Waals surface area contributed by atoms with Crippen molar-refractivity contribution in [3.8, 4) is 11.4 Å². The summed E-state index contributed by atoms with van der Waals surface area (Å²) in [6, 6.07) is 12.2. The zero-order chi connectivity index (χ0) is 23.4. The number of aryl methyl sites for hydroxylation is 2. The van der Waals surface area contributed by atoms with Crippen LogP contribution in [0.2, 0.25) is 0 Å². The van der Waals surface area contributed by atoms with Gasteiger partial charge in [-0.3, -0.25) is 9.52 Å². The van der Waals surface area contributed by atoms with Gasteiger partial charge in [0.1, 0.15) is 0 Å². The number of carbonyl (C=O) groups is 1. The largest absolute Gasteiger partial charge is 0.334 e. The number of sulfonamides is 1. The molecule has 1 aromatic heterocycles. The van der Waals surface area contributed by atoms with E-state index in [0.29, 0.717) is 36.3 Å². The molecule has 0 saturated carbocycles. The molecule has 1 aliphatic heterocycles. The highest BCUT2D eigenvalue weighted by Gasteiger charge is 2.25. The molecule has 1 aliphatic rings. The highest BCUT2D eigenvalue weighted by Crippen LogP contribution is 2.27.